The van der Waals surface area contributed by atoms with Gasteiger partial charge in [0.2, 0.25) is 5.91 Å². The number of benzene rings is 3. The van der Waals surface area contributed by atoms with Gasteiger partial charge in [-0.2, -0.15) is 0 Å². The molecule has 3 aromatic carbocycles. The lowest BCUT2D eigenvalue weighted by molar-refractivity contribution is -0.134. The Hall–Kier alpha value is -5.57. The van der Waals surface area contributed by atoms with Crippen molar-refractivity contribution >= 4 is 50.1 Å². The van der Waals surface area contributed by atoms with E-state index in [9.17, 15) is 23.1 Å². The number of fused-ring (bicyclic) bond motifs is 1. The standard InChI is InChI=1S/C38H44N4O10S/c1-7-50-31-20-24(8-12-29(31)51-21(2)3)33(41-26-10-11-27-23(18-26)14-16-40-35(27)39)36(43)42-17-15-30(52-38(45)46)34(42)28-19-25(37(44)49-6)9-13-32(28)53(47,48)22(4)5/h8-14,16,18-22,30,33-34,41H,7,15,17H2,1-6H3,(H2,39,40)(H,45,46)/t30-,33?,34-/m1/s1. The maximum absolute atomic E-state index is 15.1. The van der Waals surface area contributed by atoms with Gasteiger partial charge in [-0.25, -0.2) is 23.0 Å². The van der Waals surface area contributed by atoms with Gasteiger partial charge in [-0.1, -0.05) is 6.07 Å². The fraction of sp³-hybridized carbons (Fsp3) is 0.368. The van der Waals surface area contributed by atoms with Gasteiger partial charge in [-0.3, -0.25) is 4.79 Å². The summed E-state index contributed by atoms with van der Waals surface area (Å²) in [4.78, 5) is 45.2. The zero-order valence-corrected chi connectivity index (χ0v) is 31.2. The van der Waals surface area contributed by atoms with Gasteiger partial charge < -0.3 is 40.0 Å². The second-order valence-corrected chi connectivity index (χ2v) is 15.5. The zero-order chi connectivity index (χ0) is 38.6. The number of hydrogen-bond donors (Lipinski definition) is 3. The van der Waals surface area contributed by atoms with E-state index in [1.54, 1.807) is 42.6 Å². The number of carboxylic acid groups (broad SMARTS) is 1. The van der Waals surface area contributed by atoms with Crippen molar-refractivity contribution in [1.82, 2.24) is 9.88 Å². The molecule has 5 rings (SSSR count). The van der Waals surface area contributed by atoms with E-state index in [0.29, 0.717) is 40.6 Å². The van der Waals surface area contributed by atoms with Gasteiger partial charge in [0.15, 0.2) is 21.3 Å². The summed E-state index contributed by atoms with van der Waals surface area (Å²) < 4.78 is 49.7. The van der Waals surface area contributed by atoms with Crippen molar-refractivity contribution in [2.45, 2.75) is 75.5 Å². The molecule has 1 aliphatic rings. The SMILES string of the molecule is CCOc1cc(C(Nc2ccc3c(N)nccc3c2)C(=O)N2CC[C@@H](OC(=O)O)[C@H]2c2cc(C(=O)OC)ccc2S(=O)(=O)C(C)C)ccc1OC(C)C. The van der Waals surface area contributed by atoms with Crippen LogP contribution in [-0.4, -0.2) is 79.2 Å². The fourth-order valence-electron chi connectivity index (χ4n) is 6.40. The largest absolute Gasteiger partial charge is 0.506 e. The van der Waals surface area contributed by atoms with Crippen LogP contribution in [0.2, 0.25) is 0 Å². The molecule has 1 saturated heterocycles. The highest BCUT2D eigenvalue weighted by molar-refractivity contribution is 7.92. The molecule has 0 bridgehead atoms. The highest BCUT2D eigenvalue weighted by atomic mass is 32.2. The molecule has 0 spiro atoms. The number of nitrogens with one attached hydrogen (secondary N) is 1. The van der Waals surface area contributed by atoms with E-state index in [-0.39, 0.29) is 35.1 Å². The first-order chi connectivity index (χ1) is 25.2. The summed E-state index contributed by atoms with van der Waals surface area (Å²) in [5.41, 5.74) is 7.16. The molecular weight excluding hydrogens is 705 g/mol. The lowest BCUT2D eigenvalue weighted by Crippen LogP contribution is -2.40. The molecular formula is C38H44N4O10S. The van der Waals surface area contributed by atoms with Crippen molar-refractivity contribution in [2.75, 3.05) is 31.3 Å². The Morgan fingerprint density at radius 1 is 1.02 bits per heavy atom. The highest BCUT2D eigenvalue weighted by Crippen LogP contribution is 2.42. The van der Waals surface area contributed by atoms with E-state index >= 15 is 4.79 Å². The van der Waals surface area contributed by atoms with Crippen molar-refractivity contribution in [3.63, 3.8) is 0 Å². The summed E-state index contributed by atoms with van der Waals surface area (Å²) in [5.74, 6) is -0.0590. The second kappa shape index (κ2) is 16.0. The molecule has 0 radical (unpaired) electrons. The third kappa shape index (κ3) is 8.25. The Morgan fingerprint density at radius 3 is 2.43 bits per heavy atom. The number of aromatic nitrogens is 1. The quantitative estimate of drug-likeness (QED) is 0.132. The number of anilines is 2. The summed E-state index contributed by atoms with van der Waals surface area (Å²) in [6.07, 6.45) is -1.32. The number of methoxy groups -OCH3 is 1. The minimum Gasteiger partial charge on any atom is -0.490 e. The number of nitrogen functional groups attached to an aromatic ring is 1. The molecule has 4 aromatic rings. The van der Waals surface area contributed by atoms with Gasteiger partial charge in [0, 0.05) is 30.2 Å². The normalized spacial score (nSPS) is 16.4. The average Bonchev–Trinajstić information content (AvgIpc) is 3.53. The molecule has 0 aliphatic carbocycles. The van der Waals surface area contributed by atoms with Crippen LogP contribution in [0.15, 0.2) is 71.8 Å². The van der Waals surface area contributed by atoms with E-state index in [4.69, 9.17) is 24.7 Å². The third-order valence-electron chi connectivity index (χ3n) is 8.87. The molecule has 1 aliphatic heterocycles. The first-order valence-corrected chi connectivity index (χ1v) is 18.7. The van der Waals surface area contributed by atoms with Crippen molar-refractivity contribution < 1.29 is 46.9 Å². The van der Waals surface area contributed by atoms with Crippen molar-refractivity contribution in [1.29, 1.82) is 0 Å². The number of hydrogen-bond acceptors (Lipinski definition) is 12. The Balaban J connectivity index is 1.70. The number of nitrogens with zero attached hydrogens (tertiary/aromatic N) is 2. The van der Waals surface area contributed by atoms with E-state index in [1.807, 2.05) is 26.8 Å². The summed E-state index contributed by atoms with van der Waals surface area (Å²) in [5, 5.41) is 13.7. The van der Waals surface area contributed by atoms with Crippen LogP contribution in [0.25, 0.3) is 10.8 Å². The summed E-state index contributed by atoms with van der Waals surface area (Å²) in [6, 6.07) is 13.8. The Morgan fingerprint density at radius 2 is 1.77 bits per heavy atom. The number of sulfone groups is 1. The molecule has 1 fully saturated rings. The summed E-state index contributed by atoms with van der Waals surface area (Å²) in [7, 11) is -2.84. The molecule has 4 N–H and O–H groups in total. The van der Waals surface area contributed by atoms with Crippen LogP contribution in [0, 0.1) is 0 Å². The number of carbonyl (C=O) groups is 3. The molecule has 14 nitrogen and oxygen atoms in total. The molecule has 53 heavy (non-hydrogen) atoms. The molecule has 1 aromatic heterocycles. The Kier molecular flexibility index (Phi) is 11.7. The number of likely N-dealkylation sites (tertiary alicyclic amines) is 1. The number of amides is 1. The summed E-state index contributed by atoms with van der Waals surface area (Å²) >= 11 is 0. The van der Waals surface area contributed by atoms with E-state index in [1.165, 1.54) is 44.1 Å². The smallest absolute Gasteiger partial charge is 0.490 e. The zero-order valence-electron chi connectivity index (χ0n) is 30.4. The molecule has 1 unspecified atom stereocenters. The minimum absolute atomic E-state index is 0.00394. The number of pyridine rings is 1. The lowest BCUT2D eigenvalue weighted by atomic mass is 9.98. The van der Waals surface area contributed by atoms with Gasteiger partial charge in [0.25, 0.3) is 0 Å². The van der Waals surface area contributed by atoms with Crippen LogP contribution in [-0.2, 0) is 24.1 Å². The second-order valence-electron chi connectivity index (χ2n) is 13.0. The third-order valence-corrected chi connectivity index (χ3v) is 11.1. The molecule has 0 saturated carbocycles. The molecule has 15 heteroatoms. The van der Waals surface area contributed by atoms with Gasteiger partial charge in [-0.05, 0) is 106 Å². The van der Waals surface area contributed by atoms with Crippen molar-refractivity contribution in [3.05, 3.63) is 83.6 Å². The van der Waals surface area contributed by atoms with E-state index in [2.05, 4.69) is 10.3 Å². The van der Waals surface area contributed by atoms with E-state index in [0.717, 1.165) is 5.39 Å². The monoisotopic (exact) mass is 748 g/mol. The summed E-state index contributed by atoms with van der Waals surface area (Å²) in [6.45, 7) is 8.91. The van der Waals surface area contributed by atoms with Gasteiger partial charge in [-0.15, -0.1) is 0 Å². The van der Waals surface area contributed by atoms with Crippen molar-refractivity contribution in [2.24, 2.45) is 0 Å². The predicted molar refractivity (Wildman–Crippen MR) is 198 cm³/mol. The van der Waals surface area contributed by atoms with Gasteiger partial charge >= 0.3 is 12.1 Å². The topological polar surface area (TPSA) is 197 Å². The molecule has 1 amide bonds. The fourth-order valence-corrected chi connectivity index (χ4v) is 7.68. The first-order valence-electron chi connectivity index (χ1n) is 17.2. The number of esters is 1. The number of carbonyl (C=O) groups excluding carboxylic acids is 2. The Labute approximate surface area is 308 Å². The number of nitrogens with two attached hydrogens (primary N) is 1. The molecule has 282 valence electrons. The van der Waals surface area contributed by atoms with Gasteiger partial charge in [0.05, 0.1) is 41.6 Å². The minimum atomic E-state index is -4.02. The first kappa shape index (κ1) is 38.7. The van der Waals surface area contributed by atoms with Crippen LogP contribution in [0.3, 0.4) is 0 Å². The van der Waals surface area contributed by atoms with Crippen LogP contribution < -0.4 is 20.5 Å². The number of rotatable bonds is 13. The van der Waals surface area contributed by atoms with Gasteiger partial charge in [0.1, 0.15) is 18.0 Å². The van der Waals surface area contributed by atoms with Crippen LogP contribution >= 0.6 is 0 Å². The highest BCUT2D eigenvalue weighted by Gasteiger charge is 2.45. The van der Waals surface area contributed by atoms with Crippen LogP contribution in [0.1, 0.15) is 74.6 Å². The van der Waals surface area contributed by atoms with Crippen LogP contribution in [0.5, 0.6) is 11.5 Å². The molecule has 3 atom stereocenters. The number of ether oxygens (including phenoxy) is 4. The van der Waals surface area contributed by atoms with Crippen LogP contribution in [0.4, 0.5) is 16.3 Å². The maximum atomic E-state index is 15.1. The average molecular weight is 749 g/mol. The molecule has 2 heterocycles. The predicted octanol–water partition coefficient (Wildman–Crippen LogP) is 6.16. The van der Waals surface area contributed by atoms with E-state index < -0.39 is 51.3 Å². The maximum Gasteiger partial charge on any atom is 0.506 e. The Bertz CT molecular complexity index is 2120. The lowest BCUT2D eigenvalue weighted by Gasteiger charge is -2.33. The van der Waals surface area contributed by atoms with Crippen molar-refractivity contribution in [3.8, 4) is 11.5 Å².